The van der Waals surface area contributed by atoms with E-state index in [1.165, 1.54) is 6.07 Å². The molecule has 2 N–H and O–H groups in total. The molecule has 1 fully saturated rings. The SMILES string of the molecule is CN=C(NCCCOCC1CCCO1)NCc1ccccc1F.I. The number of hydrogen-bond acceptors (Lipinski definition) is 3. The zero-order valence-corrected chi connectivity index (χ0v) is 16.4. The molecular weight excluding hydrogens is 424 g/mol. The van der Waals surface area contributed by atoms with Crippen LogP contribution < -0.4 is 10.6 Å². The zero-order valence-electron chi connectivity index (χ0n) is 14.1. The Labute approximate surface area is 160 Å². The molecule has 1 aliphatic rings. The summed E-state index contributed by atoms with van der Waals surface area (Å²) in [5, 5.41) is 6.29. The van der Waals surface area contributed by atoms with Gasteiger partial charge in [0, 0.05) is 38.9 Å². The lowest BCUT2D eigenvalue weighted by molar-refractivity contribution is 0.0168. The Morgan fingerprint density at radius 2 is 2.21 bits per heavy atom. The molecule has 1 aliphatic heterocycles. The normalized spacial score (nSPS) is 17.4. The molecule has 5 nitrogen and oxygen atoms in total. The quantitative estimate of drug-likeness (QED) is 0.276. The van der Waals surface area contributed by atoms with Gasteiger partial charge in [-0.25, -0.2) is 4.39 Å². The standard InChI is InChI=1S/C17H26FN3O2.HI/c1-19-17(21-12-14-6-2-3-8-16(14)18)20-9-5-10-22-13-15-7-4-11-23-15;/h2-3,6,8,15H,4-5,7,9-13H2,1H3,(H2,19,20,21);1H. The summed E-state index contributed by atoms with van der Waals surface area (Å²) in [4.78, 5) is 4.12. The van der Waals surface area contributed by atoms with Gasteiger partial charge in [-0.05, 0) is 25.3 Å². The number of rotatable bonds is 8. The van der Waals surface area contributed by atoms with Crippen molar-refractivity contribution in [3.8, 4) is 0 Å². The molecule has 1 atom stereocenters. The largest absolute Gasteiger partial charge is 0.379 e. The van der Waals surface area contributed by atoms with Crippen LogP contribution in [0.3, 0.4) is 0 Å². The minimum Gasteiger partial charge on any atom is -0.379 e. The van der Waals surface area contributed by atoms with Gasteiger partial charge in [-0.2, -0.15) is 0 Å². The van der Waals surface area contributed by atoms with Crippen LogP contribution in [-0.4, -0.2) is 45.5 Å². The number of halogens is 2. The zero-order chi connectivity index (χ0) is 16.3. The summed E-state index contributed by atoms with van der Waals surface area (Å²) < 4.78 is 24.6. The van der Waals surface area contributed by atoms with Crippen molar-refractivity contribution in [2.75, 3.05) is 33.4 Å². The predicted octanol–water partition coefficient (Wildman–Crippen LogP) is 2.69. The smallest absolute Gasteiger partial charge is 0.191 e. The van der Waals surface area contributed by atoms with Crippen molar-refractivity contribution in [2.24, 2.45) is 4.99 Å². The fourth-order valence-corrected chi connectivity index (χ4v) is 2.41. The fraction of sp³-hybridized carbons (Fsp3) is 0.588. The van der Waals surface area contributed by atoms with Gasteiger partial charge < -0.3 is 20.1 Å². The van der Waals surface area contributed by atoms with Gasteiger partial charge in [0.2, 0.25) is 0 Å². The molecule has 0 aromatic heterocycles. The Morgan fingerprint density at radius 3 is 2.92 bits per heavy atom. The van der Waals surface area contributed by atoms with Crippen LogP contribution in [0, 0.1) is 5.82 Å². The molecule has 136 valence electrons. The Balaban J connectivity index is 0.00000288. The molecule has 2 rings (SSSR count). The average Bonchev–Trinajstić information content (AvgIpc) is 3.08. The number of guanidine groups is 1. The lowest BCUT2D eigenvalue weighted by Gasteiger charge is -2.13. The average molecular weight is 451 g/mol. The van der Waals surface area contributed by atoms with Crippen LogP contribution in [0.2, 0.25) is 0 Å². The summed E-state index contributed by atoms with van der Waals surface area (Å²) in [5.74, 6) is 0.449. The van der Waals surface area contributed by atoms with E-state index in [0.29, 0.717) is 31.3 Å². The van der Waals surface area contributed by atoms with Crippen molar-refractivity contribution < 1.29 is 13.9 Å². The molecule has 1 saturated heterocycles. The molecule has 1 heterocycles. The second-order valence-electron chi connectivity index (χ2n) is 5.51. The van der Waals surface area contributed by atoms with Crippen molar-refractivity contribution in [2.45, 2.75) is 31.9 Å². The van der Waals surface area contributed by atoms with Crippen molar-refractivity contribution in [1.29, 1.82) is 0 Å². The van der Waals surface area contributed by atoms with Gasteiger partial charge in [-0.3, -0.25) is 4.99 Å². The monoisotopic (exact) mass is 451 g/mol. The van der Waals surface area contributed by atoms with Gasteiger partial charge in [0.15, 0.2) is 5.96 Å². The highest BCUT2D eigenvalue weighted by Crippen LogP contribution is 2.11. The number of aliphatic imine (C=N–C) groups is 1. The minimum absolute atomic E-state index is 0. The van der Waals surface area contributed by atoms with Gasteiger partial charge in [-0.15, -0.1) is 24.0 Å². The van der Waals surface area contributed by atoms with E-state index >= 15 is 0 Å². The molecule has 0 amide bonds. The summed E-state index contributed by atoms with van der Waals surface area (Å²) in [6, 6.07) is 6.72. The molecule has 24 heavy (non-hydrogen) atoms. The first kappa shape index (κ1) is 21.1. The van der Waals surface area contributed by atoms with E-state index in [1.807, 2.05) is 6.07 Å². The van der Waals surface area contributed by atoms with Crippen molar-refractivity contribution in [3.63, 3.8) is 0 Å². The van der Waals surface area contributed by atoms with Crippen LogP contribution >= 0.6 is 24.0 Å². The minimum atomic E-state index is -0.210. The summed E-state index contributed by atoms with van der Waals surface area (Å²) in [5.41, 5.74) is 0.621. The highest BCUT2D eigenvalue weighted by molar-refractivity contribution is 14.0. The molecule has 0 aliphatic carbocycles. The summed E-state index contributed by atoms with van der Waals surface area (Å²) in [6.45, 7) is 3.39. The van der Waals surface area contributed by atoms with Gasteiger partial charge in [0.1, 0.15) is 5.82 Å². The first-order valence-corrected chi connectivity index (χ1v) is 8.17. The van der Waals surface area contributed by atoms with Crippen LogP contribution in [-0.2, 0) is 16.0 Å². The molecule has 0 radical (unpaired) electrons. The van der Waals surface area contributed by atoms with E-state index in [-0.39, 0.29) is 35.9 Å². The van der Waals surface area contributed by atoms with E-state index in [1.54, 1.807) is 19.2 Å². The Bertz CT molecular complexity index is 496. The second-order valence-corrected chi connectivity index (χ2v) is 5.51. The summed E-state index contributed by atoms with van der Waals surface area (Å²) in [6.07, 6.45) is 3.40. The van der Waals surface area contributed by atoms with E-state index in [0.717, 1.165) is 32.4 Å². The number of nitrogens with zero attached hydrogens (tertiary/aromatic N) is 1. The Morgan fingerprint density at radius 1 is 1.38 bits per heavy atom. The van der Waals surface area contributed by atoms with Gasteiger partial charge in [0.25, 0.3) is 0 Å². The number of ether oxygens (including phenoxy) is 2. The molecule has 1 unspecified atom stereocenters. The highest BCUT2D eigenvalue weighted by Gasteiger charge is 2.14. The van der Waals surface area contributed by atoms with Crippen LogP contribution in [0.25, 0.3) is 0 Å². The molecular formula is C17H27FIN3O2. The molecule has 1 aromatic rings. The maximum atomic E-state index is 13.5. The van der Waals surface area contributed by atoms with Crippen molar-refractivity contribution in [3.05, 3.63) is 35.6 Å². The molecule has 1 aromatic carbocycles. The second kappa shape index (κ2) is 12.4. The van der Waals surface area contributed by atoms with E-state index < -0.39 is 0 Å². The highest BCUT2D eigenvalue weighted by atomic mass is 127. The molecule has 0 saturated carbocycles. The predicted molar refractivity (Wildman–Crippen MR) is 104 cm³/mol. The first-order valence-electron chi connectivity index (χ1n) is 8.17. The first-order chi connectivity index (χ1) is 11.3. The molecule has 0 bridgehead atoms. The van der Waals surface area contributed by atoms with Gasteiger partial charge in [-0.1, -0.05) is 18.2 Å². The van der Waals surface area contributed by atoms with Gasteiger partial charge in [0.05, 0.1) is 12.7 Å². The van der Waals surface area contributed by atoms with E-state index in [2.05, 4.69) is 15.6 Å². The van der Waals surface area contributed by atoms with Gasteiger partial charge >= 0.3 is 0 Å². The Hall–Kier alpha value is -0.930. The Kier molecular flexibility index (Phi) is 10.9. The molecule has 7 heteroatoms. The number of nitrogens with one attached hydrogen (secondary N) is 2. The number of hydrogen-bond donors (Lipinski definition) is 2. The van der Waals surface area contributed by atoms with E-state index in [4.69, 9.17) is 9.47 Å². The maximum absolute atomic E-state index is 13.5. The fourth-order valence-electron chi connectivity index (χ4n) is 2.41. The van der Waals surface area contributed by atoms with Crippen LogP contribution in [0.15, 0.2) is 29.3 Å². The number of benzene rings is 1. The third kappa shape index (κ3) is 7.76. The van der Waals surface area contributed by atoms with Crippen molar-refractivity contribution >= 4 is 29.9 Å². The van der Waals surface area contributed by atoms with E-state index in [9.17, 15) is 4.39 Å². The van der Waals surface area contributed by atoms with Crippen LogP contribution in [0.1, 0.15) is 24.8 Å². The lowest BCUT2D eigenvalue weighted by atomic mass is 10.2. The van der Waals surface area contributed by atoms with Crippen LogP contribution in [0.4, 0.5) is 4.39 Å². The van der Waals surface area contributed by atoms with Crippen molar-refractivity contribution in [1.82, 2.24) is 10.6 Å². The summed E-state index contributed by atoms with van der Waals surface area (Å²) in [7, 11) is 1.70. The third-order valence-electron chi connectivity index (χ3n) is 3.71. The third-order valence-corrected chi connectivity index (χ3v) is 3.71. The lowest BCUT2D eigenvalue weighted by Crippen LogP contribution is -2.37. The summed E-state index contributed by atoms with van der Waals surface area (Å²) >= 11 is 0. The molecule has 0 spiro atoms. The van der Waals surface area contributed by atoms with Crippen LogP contribution in [0.5, 0.6) is 0 Å². The maximum Gasteiger partial charge on any atom is 0.191 e. The topological polar surface area (TPSA) is 54.9 Å².